The van der Waals surface area contributed by atoms with Crippen molar-refractivity contribution in [1.82, 2.24) is 9.72 Å². The number of hydrogen-bond donors (Lipinski definition) is 2. The van der Waals surface area contributed by atoms with E-state index in [4.69, 9.17) is 9.47 Å². The zero-order chi connectivity index (χ0) is 24.5. The van der Waals surface area contributed by atoms with Gasteiger partial charge in [0, 0.05) is 25.3 Å². The quantitative estimate of drug-likeness (QED) is 0.682. The molecule has 3 heterocycles. The molecule has 0 spiro atoms. The van der Waals surface area contributed by atoms with Gasteiger partial charge in [0.25, 0.3) is 5.56 Å². The van der Waals surface area contributed by atoms with Crippen molar-refractivity contribution < 1.29 is 24.2 Å². The largest absolute Gasteiger partial charge is 0.492 e. The molecule has 0 saturated carbocycles. The molecule has 2 N–H and O–H groups in total. The second kappa shape index (κ2) is 9.33. The van der Waals surface area contributed by atoms with E-state index in [1.54, 1.807) is 19.4 Å². The van der Waals surface area contributed by atoms with E-state index in [0.717, 1.165) is 24.2 Å². The Kier molecular flexibility index (Phi) is 6.90. The van der Waals surface area contributed by atoms with Crippen molar-refractivity contribution in [2.45, 2.75) is 59.1 Å². The number of hydrogen-bond acceptors (Lipinski definition) is 6. The maximum absolute atomic E-state index is 12.7. The number of anilines is 1. The third-order valence-corrected chi connectivity index (χ3v) is 5.97. The van der Waals surface area contributed by atoms with Crippen LogP contribution in [0.1, 0.15) is 57.0 Å². The number of aryl methyl sites for hydroxylation is 1. The third kappa shape index (κ3) is 5.07. The molecule has 2 aromatic rings. The van der Waals surface area contributed by atoms with Gasteiger partial charge in [-0.25, -0.2) is 9.59 Å². The number of ether oxygens (including phenoxy) is 2. The average molecular weight is 460 g/mol. The highest BCUT2D eigenvalue weighted by molar-refractivity contribution is 5.89. The molecular weight excluding hydrogens is 426 g/mol. The molecule has 0 aliphatic carbocycles. The van der Waals surface area contributed by atoms with E-state index in [-0.39, 0.29) is 17.5 Å². The number of carboxylic acids is 1. The molecule has 0 aromatic carbocycles. The number of nitrogens with one attached hydrogen (secondary N) is 1. The number of pyridine rings is 2. The summed E-state index contributed by atoms with van der Waals surface area (Å²) in [6.45, 7) is 10.8. The molecule has 1 aliphatic rings. The summed E-state index contributed by atoms with van der Waals surface area (Å²) < 4.78 is 12.5. The van der Waals surface area contributed by atoms with Gasteiger partial charge in [0.05, 0.1) is 18.3 Å². The van der Waals surface area contributed by atoms with Crippen LogP contribution < -0.4 is 20.5 Å². The predicted molar refractivity (Wildman–Crippen MR) is 126 cm³/mol. The second-order valence-electron chi connectivity index (χ2n) is 9.43. The molecule has 1 aliphatic heterocycles. The van der Waals surface area contributed by atoms with Crippen LogP contribution in [0.15, 0.2) is 23.1 Å². The van der Waals surface area contributed by atoms with Gasteiger partial charge in [0.2, 0.25) is 0 Å². The number of fused-ring (bicyclic) bond motifs is 1. The smallest absolute Gasteiger partial charge is 0.407 e. The van der Waals surface area contributed by atoms with Crippen LogP contribution in [-0.4, -0.2) is 53.4 Å². The van der Waals surface area contributed by atoms with Gasteiger partial charge < -0.3 is 24.8 Å². The van der Waals surface area contributed by atoms with Crippen LogP contribution in [0.3, 0.4) is 0 Å². The first-order valence-corrected chi connectivity index (χ1v) is 11.2. The number of aromatic carboxylic acids is 1. The van der Waals surface area contributed by atoms with Gasteiger partial charge in [-0.3, -0.25) is 9.20 Å². The number of aromatic nitrogens is 1. The second-order valence-corrected chi connectivity index (χ2v) is 9.43. The zero-order valence-corrected chi connectivity index (χ0v) is 20.1. The molecule has 2 unspecified atom stereocenters. The summed E-state index contributed by atoms with van der Waals surface area (Å²) in [6, 6.07) is 3.14. The zero-order valence-electron chi connectivity index (χ0n) is 20.1. The first-order chi connectivity index (χ1) is 15.5. The molecule has 1 fully saturated rings. The molecule has 9 heteroatoms. The summed E-state index contributed by atoms with van der Waals surface area (Å²) in [5.74, 6) is -0.501. The number of carbonyl (C=O) groups is 2. The third-order valence-electron chi connectivity index (χ3n) is 5.97. The number of rotatable bonds is 6. The molecule has 9 nitrogen and oxygen atoms in total. The van der Waals surface area contributed by atoms with Gasteiger partial charge in [-0.15, -0.1) is 0 Å². The number of amides is 1. The Balaban J connectivity index is 1.90. The summed E-state index contributed by atoms with van der Waals surface area (Å²) in [5, 5.41) is 12.3. The molecule has 1 saturated heterocycles. The fourth-order valence-corrected chi connectivity index (χ4v) is 4.33. The Hall–Kier alpha value is -3.23. The number of carboxylic acid groups (broad SMARTS) is 1. The lowest BCUT2D eigenvalue weighted by Crippen LogP contribution is -2.42. The molecule has 2 atom stereocenters. The Labute approximate surface area is 193 Å². The normalized spacial score (nSPS) is 17.2. The number of methoxy groups -OCH3 is 1. The molecule has 180 valence electrons. The van der Waals surface area contributed by atoms with Gasteiger partial charge in [0.15, 0.2) is 5.75 Å². The minimum absolute atomic E-state index is 0.0803. The van der Waals surface area contributed by atoms with E-state index in [1.165, 1.54) is 10.5 Å². The Morgan fingerprint density at radius 1 is 1.33 bits per heavy atom. The maximum atomic E-state index is 12.7. The number of alkyl carbamates (subject to hydrolysis) is 1. The van der Waals surface area contributed by atoms with Crippen molar-refractivity contribution in [3.63, 3.8) is 0 Å². The number of nitrogens with zero attached hydrogens (tertiary/aromatic N) is 2. The summed E-state index contributed by atoms with van der Waals surface area (Å²) in [6.07, 6.45) is 2.59. The SMILES string of the molecule is CCc1cc(C(=O)O)c(=O)n2ccc(N3CCC(C(C)NC(=O)OC(C)(C)C)C3)c(OC)c12. The molecule has 0 radical (unpaired) electrons. The monoisotopic (exact) mass is 459 g/mol. The van der Waals surface area contributed by atoms with Crippen molar-refractivity contribution in [3.8, 4) is 5.75 Å². The predicted octanol–water partition coefficient (Wildman–Crippen LogP) is 3.31. The summed E-state index contributed by atoms with van der Waals surface area (Å²) in [4.78, 5) is 38.6. The van der Waals surface area contributed by atoms with E-state index < -0.39 is 23.2 Å². The topological polar surface area (TPSA) is 110 Å². The summed E-state index contributed by atoms with van der Waals surface area (Å²) >= 11 is 0. The molecule has 33 heavy (non-hydrogen) atoms. The molecule has 2 aromatic heterocycles. The maximum Gasteiger partial charge on any atom is 0.407 e. The lowest BCUT2D eigenvalue weighted by Gasteiger charge is -2.26. The molecule has 3 rings (SSSR count). The Bertz CT molecular complexity index is 1120. The summed E-state index contributed by atoms with van der Waals surface area (Å²) in [5.41, 5.74) is 0.731. The van der Waals surface area contributed by atoms with Crippen LogP contribution >= 0.6 is 0 Å². The highest BCUT2D eigenvalue weighted by Crippen LogP contribution is 2.37. The molecule has 1 amide bonds. The van der Waals surface area contributed by atoms with Crippen molar-refractivity contribution in [2.75, 3.05) is 25.1 Å². The molecule has 0 bridgehead atoms. The van der Waals surface area contributed by atoms with Crippen molar-refractivity contribution in [3.05, 3.63) is 39.8 Å². The van der Waals surface area contributed by atoms with Crippen LogP contribution in [0.5, 0.6) is 5.75 Å². The van der Waals surface area contributed by atoms with E-state index >= 15 is 0 Å². The number of carbonyl (C=O) groups excluding carboxylic acids is 1. The van der Waals surface area contributed by atoms with Crippen LogP contribution in [0.2, 0.25) is 0 Å². The highest BCUT2D eigenvalue weighted by atomic mass is 16.6. The molecular formula is C24H33N3O6. The van der Waals surface area contributed by atoms with Gasteiger partial charge >= 0.3 is 12.1 Å². The fourth-order valence-electron chi connectivity index (χ4n) is 4.33. The van der Waals surface area contributed by atoms with Gasteiger partial charge in [-0.2, -0.15) is 0 Å². The van der Waals surface area contributed by atoms with E-state index in [9.17, 15) is 19.5 Å². The van der Waals surface area contributed by atoms with Crippen molar-refractivity contribution in [2.24, 2.45) is 5.92 Å². The minimum Gasteiger partial charge on any atom is -0.492 e. The van der Waals surface area contributed by atoms with Crippen LogP contribution in [0, 0.1) is 5.92 Å². The lowest BCUT2D eigenvalue weighted by atomic mass is 10.0. The minimum atomic E-state index is -1.25. The van der Waals surface area contributed by atoms with Crippen molar-refractivity contribution in [1.29, 1.82) is 0 Å². The first-order valence-electron chi connectivity index (χ1n) is 11.2. The van der Waals surface area contributed by atoms with Crippen LogP contribution in [0.25, 0.3) is 5.52 Å². The Morgan fingerprint density at radius 3 is 2.61 bits per heavy atom. The van der Waals surface area contributed by atoms with E-state index in [1.807, 2.05) is 34.6 Å². The lowest BCUT2D eigenvalue weighted by molar-refractivity contribution is 0.0494. The fraction of sp³-hybridized carbons (Fsp3) is 0.542. The van der Waals surface area contributed by atoms with Crippen LogP contribution in [-0.2, 0) is 11.2 Å². The highest BCUT2D eigenvalue weighted by Gasteiger charge is 2.31. The summed E-state index contributed by atoms with van der Waals surface area (Å²) in [7, 11) is 1.55. The van der Waals surface area contributed by atoms with Gasteiger partial charge in [-0.1, -0.05) is 6.92 Å². The van der Waals surface area contributed by atoms with Gasteiger partial charge in [-0.05, 0) is 64.2 Å². The van der Waals surface area contributed by atoms with E-state index in [0.29, 0.717) is 24.2 Å². The first kappa shape index (κ1) is 24.4. The van der Waals surface area contributed by atoms with Crippen molar-refractivity contribution >= 4 is 23.3 Å². The van der Waals surface area contributed by atoms with Crippen LogP contribution in [0.4, 0.5) is 10.5 Å². The Morgan fingerprint density at radius 2 is 2.03 bits per heavy atom. The van der Waals surface area contributed by atoms with E-state index in [2.05, 4.69) is 10.2 Å². The standard InChI is InChI=1S/C24H33N3O6/c1-7-15-12-17(22(29)30)21(28)27-11-9-18(20(32-6)19(15)27)26-10-8-16(13-26)14(2)25-23(31)33-24(3,4)5/h9,11-12,14,16H,7-8,10,13H2,1-6H3,(H,25,31)(H,29,30). The average Bonchev–Trinajstić information content (AvgIpc) is 3.21. The van der Waals surface area contributed by atoms with Gasteiger partial charge in [0.1, 0.15) is 11.2 Å².